The van der Waals surface area contributed by atoms with Gasteiger partial charge in [-0.1, -0.05) is 57.5 Å². The predicted molar refractivity (Wildman–Crippen MR) is 86.3 cm³/mol. The number of aromatic nitrogens is 1. The van der Waals surface area contributed by atoms with Crippen LogP contribution in [0.15, 0.2) is 36.5 Å². The third-order valence-electron chi connectivity index (χ3n) is 1.99. The molecule has 0 amide bonds. The molecule has 0 unspecified atom stereocenters. The molecule has 1 nitrogen and oxygen atoms in total. The van der Waals surface area contributed by atoms with E-state index in [0.29, 0.717) is 0 Å². The van der Waals surface area contributed by atoms with Crippen LogP contribution in [0.5, 0.6) is 0 Å². The number of hydrogen-bond donors (Lipinski definition) is 0. The minimum atomic E-state index is 0. The number of para-hydroxylation sites is 1. The Hall–Kier alpha value is -0.708. The molecule has 114 valence electrons. The Bertz CT molecular complexity index is 394. The Morgan fingerprint density at radius 1 is 0.947 bits per heavy atom. The van der Waals surface area contributed by atoms with Crippen molar-refractivity contribution < 1.29 is 20.4 Å². The fourth-order valence-corrected chi connectivity index (χ4v) is 1.37. The Kier molecular flexibility index (Phi) is 24.4. The van der Waals surface area contributed by atoms with Gasteiger partial charge in [0.2, 0.25) is 0 Å². The van der Waals surface area contributed by atoms with Crippen LogP contribution in [0.2, 0.25) is 0 Å². The summed E-state index contributed by atoms with van der Waals surface area (Å²) in [5, 5.41) is 1.19. The molecule has 1 aromatic carbocycles. The van der Waals surface area contributed by atoms with Crippen LogP contribution in [-0.2, 0) is 26.8 Å². The topological polar surface area (TPSA) is 12.9 Å². The van der Waals surface area contributed by atoms with Gasteiger partial charge in [-0.2, -0.15) is 6.42 Å². The van der Waals surface area contributed by atoms with Crippen LogP contribution < -0.4 is 0 Å². The molecule has 0 aliphatic carbocycles. The summed E-state index contributed by atoms with van der Waals surface area (Å²) in [6.07, 6.45) is 2.62. The number of fused-ring (bicyclic) bond motifs is 1. The second-order valence-electron chi connectivity index (χ2n) is 2.74. The van der Waals surface area contributed by atoms with E-state index in [0.717, 1.165) is 11.9 Å². The van der Waals surface area contributed by atoms with E-state index in [1.807, 2.05) is 46.0 Å². The van der Waals surface area contributed by atoms with Gasteiger partial charge in [0.1, 0.15) is 0 Å². The average Bonchev–Trinajstić information content (AvgIpc) is 2.42. The van der Waals surface area contributed by atoms with E-state index >= 15 is 0 Å². The molecule has 0 atom stereocenters. The van der Waals surface area contributed by atoms with E-state index in [2.05, 4.69) is 30.1 Å². The van der Waals surface area contributed by atoms with E-state index in [-0.39, 0.29) is 35.3 Å². The van der Waals surface area contributed by atoms with Gasteiger partial charge in [0, 0.05) is 32.0 Å². The zero-order valence-corrected chi connectivity index (χ0v) is 14.7. The first kappa shape index (κ1) is 26.8. The van der Waals surface area contributed by atoms with Crippen molar-refractivity contribution in [3.63, 3.8) is 0 Å². The van der Waals surface area contributed by atoms with Crippen LogP contribution in [0, 0.1) is 21.8 Å². The van der Waals surface area contributed by atoms with Crippen LogP contribution in [0.1, 0.15) is 33.3 Å². The molecule has 0 fully saturated rings. The Morgan fingerprint density at radius 3 is 2.00 bits per heavy atom. The predicted octanol–water partition coefficient (Wildman–Crippen LogP) is 5.56. The summed E-state index contributed by atoms with van der Waals surface area (Å²) in [6.45, 7) is 11.9. The first-order valence-corrected chi connectivity index (χ1v) is 6.03. The standard InChI is InChI=1S/C11H10N.2C2H6.2CH3.Pd/c1-2-9-5-3-6-10-7-4-8-12-11(9)10;2*1-2;;;/h3-8H,1-2H2;2*1-2H3;2*1H3;/q-1;;;2*-1;. The summed E-state index contributed by atoms with van der Waals surface area (Å²) in [6, 6.07) is 10.2. The fourth-order valence-electron chi connectivity index (χ4n) is 1.37. The average molecular weight is 353 g/mol. The number of benzene rings is 1. The molecule has 0 N–H and O–H groups in total. The molecule has 2 rings (SSSR count). The largest absolute Gasteiger partial charge is 0.358 e. The third kappa shape index (κ3) is 8.14. The first-order valence-electron chi connectivity index (χ1n) is 6.03. The smallest absolute Gasteiger partial charge is 0.0707 e. The minimum absolute atomic E-state index is 0. The van der Waals surface area contributed by atoms with Crippen molar-refractivity contribution in [2.45, 2.75) is 34.1 Å². The second kappa shape index (κ2) is 17.3. The molecule has 0 aliphatic rings. The van der Waals surface area contributed by atoms with Gasteiger partial charge in [-0.3, -0.25) is 4.98 Å². The van der Waals surface area contributed by atoms with Crippen LogP contribution in [-0.4, -0.2) is 4.98 Å². The van der Waals surface area contributed by atoms with Crippen LogP contribution >= 0.6 is 0 Å². The summed E-state index contributed by atoms with van der Waals surface area (Å²) >= 11 is 0. The molecule has 0 aliphatic heterocycles. The van der Waals surface area contributed by atoms with Gasteiger partial charge in [-0.25, -0.2) is 0 Å². The summed E-state index contributed by atoms with van der Waals surface area (Å²) in [5.41, 5.74) is 2.29. The van der Waals surface area contributed by atoms with Gasteiger partial charge >= 0.3 is 0 Å². The van der Waals surface area contributed by atoms with E-state index in [4.69, 9.17) is 0 Å². The molecule has 0 radical (unpaired) electrons. The zero-order valence-electron chi connectivity index (χ0n) is 13.1. The molecule has 19 heavy (non-hydrogen) atoms. The molecule has 2 heteroatoms. The van der Waals surface area contributed by atoms with Gasteiger partial charge in [0.15, 0.2) is 0 Å². The SMILES string of the molecule is CC.CC.[CH2-]Cc1cccc2cccnc12.[CH3-].[CH3-].[Pd]. The number of rotatable bonds is 1. The molecule has 1 heterocycles. The van der Waals surface area contributed by atoms with Crippen molar-refractivity contribution >= 4 is 10.9 Å². The van der Waals surface area contributed by atoms with E-state index in [1.165, 1.54) is 10.9 Å². The molecule has 0 spiro atoms. The van der Waals surface area contributed by atoms with Crippen molar-refractivity contribution in [3.05, 3.63) is 63.9 Å². The monoisotopic (exact) mass is 352 g/mol. The third-order valence-corrected chi connectivity index (χ3v) is 1.99. The van der Waals surface area contributed by atoms with E-state index < -0.39 is 0 Å². The molecule has 0 saturated carbocycles. The first-order chi connectivity index (χ1) is 7.92. The van der Waals surface area contributed by atoms with Crippen LogP contribution in [0.3, 0.4) is 0 Å². The van der Waals surface area contributed by atoms with E-state index in [9.17, 15) is 0 Å². The fraction of sp³-hybridized carbons (Fsp3) is 0.294. The van der Waals surface area contributed by atoms with Gasteiger partial charge in [0.25, 0.3) is 0 Å². The molecule has 2 aromatic rings. The summed E-state index contributed by atoms with van der Waals surface area (Å²) in [4.78, 5) is 4.31. The van der Waals surface area contributed by atoms with Gasteiger partial charge < -0.3 is 21.8 Å². The summed E-state index contributed by atoms with van der Waals surface area (Å²) in [7, 11) is 0. The Balaban J connectivity index is -0.000000148. The van der Waals surface area contributed by atoms with Gasteiger partial charge in [-0.15, -0.1) is 0 Å². The summed E-state index contributed by atoms with van der Waals surface area (Å²) in [5.74, 6) is 0. The quantitative estimate of drug-likeness (QED) is 0.483. The van der Waals surface area contributed by atoms with Crippen molar-refractivity contribution in [2.75, 3.05) is 0 Å². The van der Waals surface area contributed by atoms with Gasteiger partial charge in [-0.05, 0) is 6.07 Å². The molecule has 0 saturated heterocycles. The normalized spacial score (nSPS) is 7.21. The Labute approximate surface area is 134 Å². The van der Waals surface area contributed by atoms with E-state index in [1.54, 1.807) is 0 Å². The van der Waals surface area contributed by atoms with Crippen molar-refractivity contribution in [3.8, 4) is 0 Å². The van der Waals surface area contributed by atoms with Crippen molar-refractivity contribution in [1.82, 2.24) is 4.98 Å². The molecule has 0 bridgehead atoms. The minimum Gasteiger partial charge on any atom is -0.358 e. The maximum Gasteiger partial charge on any atom is 0.0707 e. The van der Waals surface area contributed by atoms with Crippen molar-refractivity contribution in [2.24, 2.45) is 0 Å². The van der Waals surface area contributed by atoms with Crippen molar-refractivity contribution in [1.29, 1.82) is 0 Å². The van der Waals surface area contributed by atoms with Gasteiger partial charge in [0.05, 0.1) is 5.52 Å². The number of pyridine rings is 1. The molecular formula is C17H28NPd-3. The number of hydrogen-bond acceptors (Lipinski definition) is 1. The molecule has 1 aromatic heterocycles. The Morgan fingerprint density at radius 2 is 1.47 bits per heavy atom. The number of nitrogens with zero attached hydrogens (tertiary/aromatic N) is 1. The maximum absolute atomic E-state index is 4.31. The maximum atomic E-state index is 4.31. The summed E-state index contributed by atoms with van der Waals surface area (Å²) < 4.78 is 0. The second-order valence-corrected chi connectivity index (χ2v) is 2.74. The van der Waals surface area contributed by atoms with Crippen LogP contribution in [0.4, 0.5) is 0 Å². The van der Waals surface area contributed by atoms with Crippen LogP contribution in [0.25, 0.3) is 10.9 Å². The molecular weight excluding hydrogens is 325 g/mol. The zero-order chi connectivity index (χ0) is 12.4.